The minimum atomic E-state index is 0.196. The molecule has 1 heterocycles. The van der Waals surface area contributed by atoms with Crippen LogP contribution in [0.1, 0.15) is 0 Å². The summed E-state index contributed by atoms with van der Waals surface area (Å²) in [6.07, 6.45) is 0. The summed E-state index contributed by atoms with van der Waals surface area (Å²) in [5, 5.41) is 3.04. The van der Waals surface area contributed by atoms with Gasteiger partial charge in [0.05, 0.1) is 14.2 Å². The Morgan fingerprint density at radius 1 is 0.944 bits per heavy atom. The maximum atomic E-state index is 4.96. The van der Waals surface area contributed by atoms with Gasteiger partial charge < -0.3 is 14.8 Å². The Kier molecular flexibility index (Phi) is 3.93. The van der Waals surface area contributed by atoms with Crippen LogP contribution in [-0.4, -0.2) is 29.2 Å². The summed E-state index contributed by atoms with van der Waals surface area (Å²) in [5.74, 6) is 0.362. The maximum absolute atomic E-state index is 4.96. The quantitative estimate of drug-likeness (QED) is 0.935. The number of aromatic nitrogens is 3. The van der Waals surface area contributed by atoms with Crippen LogP contribution in [0.15, 0.2) is 28.7 Å². The van der Waals surface area contributed by atoms with Gasteiger partial charge in [-0.15, -0.1) is 4.98 Å². The molecular weight excluding hydrogens is 300 g/mol. The molecule has 0 bridgehead atoms. The average Bonchev–Trinajstić information content (AvgIpc) is 2.41. The lowest BCUT2D eigenvalue weighted by atomic mass is 10.3. The Morgan fingerprint density at radius 2 is 1.50 bits per heavy atom. The molecule has 2 rings (SSSR count). The number of anilines is 2. The van der Waals surface area contributed by atoms with Crippen molar-refractivity contribution in [2.75, 3.05) is 19.5 Å². The highest BCUT2D eigenvalue weighted by Gasteiger charge is 2.07. The molecule has 0 spiro atoms. The van der Waals surface area contributed by atoms with E-state index in [1.165, 1.54) is 14.2 Å². The fourth-order valence-electron chi connectivity index (χ4n) is 1.24. The minimum Gasteiger partial charge on any atom is -0.467 e. The van der Waals surface area contributed by atoms with Gasteiger partial charge in [0.1, 0.15) is 0 Å². The molecule has 6 nitrogen and oxygen atoms in total. The van der Waals surface area contributed by atoms with Crippen LogP contribution in [0.4, 0.5) is 11.6 Å². The zero-order valence-corrected chi connectivity index (χ0v) is 11.4. The van der Waals surface area contributed by atoms with E-state index in [2.05, 4.69) is 36.2 Å². The average molecular weight is 311 g/mol. The number of benzene rings is 1. The molecule has 0 atom stereocenters. The summed E-state index contributed by atoms with van der Waals surface area (Å²) in [6, 6.07) is 8.01. The number of nitrogens with zero attached hydrogens (tertiary/aromatic N) is 3. The smallest absolute Gasteiger partial charge is 0.324 e. The van der Waals surface area contributed by atoms with Gasteiger partial charge in [0.2, 0.25) is 5.95 Å². The van der Waals surface area contributed by atoms with Crippen LogP contribution in [-0.2, 0) is 0 Å². The lowest BCUT2D eigenvalue weighted by molar-refractivity contribution is 0.341. The molecule has 0 saturated carbocycles. The molecule has 2 aromatic rings. The van der Waals surface area contributed by atoms with E-state index in [4.69, 9.17) is 9.47 Å². The first-order valence-electron chi connectivity index (χ1n) is 5.08. The zero-order chi connectivity index (χ0) is 13.0. The molecule has 7 heteroatoms. The standard InChI is InChI=1S/C11H11BrN4O2/c1-17-10-14-9(15-11(16-10)18-2)13-8-5-3-7(12)4-6-8/h3-6H,1-2H3,(H,13,14,15,16). The van der Waals surface area contributed by atoms with Gasteiger partial charge in [0.15, 0.2) is 0 Å². The van der Waals surface area contributed by atoms with Gasteiger partial charge in [-0.05, 0) is 24.3 Å². The van der Waals surface area contributed by atoms with Crippen LogP contribution in [0.3, 0.4) is 0 Å². The summed E-state index contributed by atoms with van der Waals surface area (Å²) in [7, 11) is 2.97. The van der Waals surface area contributed by atoms with Crippen LogP contribution in [0.25, 0.3) is 0 Å². The van der Waals surface area contributed by atoms with Crippen molar-refractivity contribution in [2.45, 2.75) is 0 Å². The number of methoxy groups -OCH3 is 2. The van der Waals surface area contributed by atoms with E-state index < -0.39 is 0 Å². The van der Waals surface area contributed by atoms with Crippen LogP contribution in [0.5, 0.6) is 12.0 Å². The number of halogens is 1. The molecule has 0 saturated heterocycles. The molecule has 18 heavy (non-hydrogen) atoms. The summed E-state index contributed by atoms with van der Waals surface area (Å²) >= 11 is 3.37. The molecule has 0 aliphatic carbocycles. The molecule has 94 valence electrons. The Bertz CT molecular complexity index is 511. The molecule has 0 fully saturated rings. The van der Waals surface area contributed by atoms with E-state index in [-0.39, 0.29) is 12.0 Å². The second-order valence-electron chi connectivity index (χ2n) is 3.26. The molecule has 1 aromatic heterocycles. The second-order valence-corrected chi connectivity index (χ2v) is 4.18. The first-order valence-corrected chi connectivity index (χ1v) is 5.87. The van der Waals surface area contributed by atoms with Crippen LogP contribution < -0.4 is 14.8 Å². The summed E-state index contributed by atoms with van der Waals surface area (Å²) in [4.78, 5) is 12.1. The third kappa shape index (κ3) is 3.07. The number of ether oxygens (including phenoxy) is 2. The number of nitrogens with one attached hydrogen (secondary N) is 1. The van der Waals surface area contributed by atoms with Gasteiger partial charge in [-0.25, -0.2) is 0 Å². The molecule has 0 amide bonds. The first kappa shape index (κ1) is 12.6. The maximum Gasteiger partial charge on any atom is 0.324 e. The predicted molar refractivity (Wildman–Crippen MR) is 70.4 cm³/mol. The van der Waals surface area contributed by atoms with Gasteiger partial charge in [-0.3, -0.25) is 0 Å². The van der Waals surface area contributed by atoms with Gasteiger partial charge in [-0.2, -0.15) is 9.97 Å². The normalized spacial score (nSPS) is 9.94. The highest BCUT2D eigenvalue weighted by molar-refractivity contribution is 9.10. The summed E-state index contributed by atoms with van der Waals surface area (Å²) < 4.78 is 10.9. The Morgan fingerprint density at radius 3 is 2.00 bits per heavy atom. The van der Waals surface area contributed by atoms with Crippen molar-refractivity contribution in [3.8, 4) is 12.0 Å². The monoisotopic (exact) mass is 310 g/mol. The summed E-state index contributed by atoms with van der Waals surface area (Å²) in [6.45, 7) is 0. The Labute approximate surface area is 113 Å². The fraction of sp³-hybridized carbons (Fsp3) is 0.182. The first-order chi connectivity index (χ1) is 8.71. The highest BCUT2D eigenvalue weighted by Crippen LogP contribution is 2.19. The second kappa shape index (κ2) is 5.63. The van der Waals surface area contributed by atoms with Crippen molar-refractivity contribution in [3.05, 3.63) is 28.7 Å². The number of hydrogen-bond donors (Lipinski definition) is 1. The van der Waals surface area contributed by atoms with Crippen molar-refractivity contribution in [1.82, 2.24) is 15.0 Å². The largest absolute Gasteiger partial charge is 0.467 e. The molecule has 0 radical (unpaired) electrons. The van der Waals surface area contributed by atoms with Gasteiger partial charge >= 0.3 is 12.0 Å². The van der Waals surface area contributed by atoms with Gasteiger partial charge in [-0.1, -0.05) is 15.9 Å². The van der Waals surface area contributed by atoms with Crippen molar-refractivity contribution in [1.29, 1.82) is 0 Å². The number of rotatable bonds is 4. The third-order valence-electron chi connectivity index (χ3n) is 2.06. The predicted octanol–water partition coefficient (Wildman–Crippen LogP) is 2.39. The van der Waals surface area contributed by atoms with Crippen molar-refractivity contribution >= 4 is 27.6 Å². The van der Waals surface area contributed by atoms with Crippen molar-refractivity contribution in [2.24, 2.45) is 0 Å². The van der Waals surface area contributed by atoms with E-state index >= 15 is 0 Å². The number of hydrogen-bond acceptors (Lipinski definition) is 6. The lowest BCUT2D eigenvalue weighted by Gasteiger charge is -2.07. The lowest BCUT2D eigenvalue weighted by Crippen LogP contribution is -2.03. The fourth-order valence-corrected chi connectivity index (χ4v) is 1.50. The molecule has 1 aromatic carbocycles. The third-order valence-corrected chi connectivity index (χ3v) is 2.59. The summed E-state index contributed by atoms with van der Waals surface area (Å²) in [5.41, 5.74) is 0.855. The molecule has 0 unspecified atom stereocenters. The van der Waals surface area contributed by atoms with E-state index in [9.17, 15) is 0 Å². The highest BCUT2D eigenvalue weighted by atomic mass is 79.9. The van der Waals surface area contributed by atoms with Crippen molar-refractivity contribution < 1.29 is 9.47 Å². The SMILES string of the molecule is COc1nc(Nc2ccc(Br)cc2)nc(OC)n1. The van der Waals surface area contributed by atoms with Crippen LogP contribution in [0, 0.1) is 0 Å². The molecule has 0 aliphatic rings. The molecule has 1 N–H and O–H groups in total. The Hall–Kier alpha value is -1.89. The van der Waals surface area contributed by atoms with Crippen molar-refractivity contribution in [3.63, 3.8) is 0 Å². The molecular formula is C11H11BrN4O2. The van der Waals surface area contributed by atoms with E-state index in [0.717, 1.165) is 10.2 Å². The zero-order valence-electron chi connectivity index (χ0n) is 9.85. The van der Waals surface area contributed by atoms with E-state index in [1.807, 2.05) is 24.3 Å². The van der Waals surface area contributed by atoms with Crippen LogP contribution in [0.2, 0.25) is 0 Å². The topological polar surface area (TPSA) is 69.2 Å². The van der Waals surface area contributed by atoms with E-state index in [0.29, 0.717) is 5.95 Å². The van der Waals surface area contributed by atoms with E-state index in [1.54, 1.807) is 0 Å². The minimum absolute atomic E-state index is 0.196. The van der Waals surface area contributed by atoms with Gasteiger partial charge in [0, 0.05) is 10.2 Å². The molecule has 0 aliphatic heterocycles. The van der Waals surface area contributed by atoms with Crippen LogP contribution >= 0.6 is 15.9 Å². The Balaban J connectivity index is 2.25. The van der Waals surface area contributed by atoms with Gasteiger partial charge in [0.25, 0.3) is 0 Å².